The molecular weight excluding hydrogens is 324 g/mol. The fourth-order valence-corrected chi connectivity index (χ4v) is 2.35. The quantitative estimate of drug-likeness (QED) is 0.675. The Bertz CT molecular complexity index is 737. The maximum Gasteiger partial charge on any atom is 0.130 e. The van der Waals surface area contributed by atoms with Gasteiger partial charge in [0.15, 0.2) is 0 Å². The largest absolute Gasteiger partial charge is 0.340 e. The highest BCUT2D eigenvalue weighted by molar-refractivity contribution is 9.10. The molecule has 1 heterocycles. The van der Waals surface area contributed by atoms with Gasteiger partial charge < -0.3 is 5.32 Å². The predicted molar refractivity (Wildman–Crippen MR) is 91.8 cm³/mol. The summed E-state index contributed by atoms with van der Waals surface area (Å²) in [7, 11) is 0. The minimum Gasteiger partial charge on any atom is -0.340 e. The summed E-state index contributed by atoms with van der Waals surface area (Å²) in [4.78, 5) is 4.36. The topological polar surface area (TPSA) is 24.9 Å². The van der Waals surface area contributed by atoms with Crippen molar-refractivity contribution >= 4 is 27.4 Å². The fourth-order valence-electron chi connectivity index (χ4n) is 2.13. The van der Waals surface area contributed by atoms with Crippen LogP contribution in [0.25, 0.3) is 11.1 Å². The Morgan fingerprint density at radius 1 is 0.905 bits per heavy atom. The molecule has 0 saturated carbocycles. The molecule has 2 aromatic carbocycles. The van der Waals surface area contributed by atoms with Gasteiger partial charge in [-0.15, -0.1) is 0 Å². The number of nitrogens with zero attached hydrogens (tertiary/aromatic N) is 1. The van der Waals surface area contributed by atoms with Crippen LogP contribution in [-0.2, 0) is 0 Å². The summed E-state index contributed by atoms with van der Waals surface area (Å²) in [6.45, 7) is 2.05. The molecule has 0 spiro atoms. The van der Waals surface area contributed by atoms with Gasteiger partial charge in [-0.2, -0.15) is 0 Å². The molecule has 0 unspecified atom stereocenters. The van der Waals surface area contributed by atoms with Crippen LogP contribution in [0.15, 0.2) is 71.3 Å². The van der Waals surface area contributed by atoms with Crippen LogP contribution in [-0.4, -0.2) is 4.98 Å². The molecule has 0 aliphatic heterocycles. The lowest BCUT2D eigenvalue weighted by atomic mass is 10.1. The van der Waals surface area contributed by atoms with E-state index in [2.05, 4.69) is 81.7 Å². The van der Waals surface area contributed by atoms with Gasteiger partial charge in [0, 0.05) is 16.4 Å². The van der Waals surface area contributed by atoms with Crippen molar-refractivity contribution in [2.75, 3.05) is 5.32 Å². The van der Waals surface area contributed by atoms with Gasteiger partial charge in [0.05, 0.1) is 0 Å². The Kier molecular flexibility index (Phi) is 4.02. The lowest BCUT2D eigenvalue weighted by Crippen LogP contribution is -1.94. The average molecular weight is 339 g/mol. The van der Waals surface area contributed by atoms with Gasteiger partial charge in [-0.05, 0) is 57.7 Å². The summed E-state index contributed by atoms with van der Waals surface area (Å²) in [5, 5.41) is 3.32. The molecule has 0 aliphatic carbocycles. The predicted octanol–water partition coefficient (Wildman–Crippen LogP) is 5.56. The molecule has 0 aliphatic rings. The Morgan fingerprint density at radius 2 is 1.57 bits per heavy atom. The first kappa shape index (κ1) is 13.8. The van der Waals surface area contributed by atoms with Crippen LogP contribution in [0.4, 0.5) is 11.5 Å². The maximum absolute atomic E-state index is 4.36. The number of rotatable bonds is 3. The zero-order valence-electron chi connectivity index (χ0n) is 11.7. The molecule has 3 aromatic rings. The van der Waals surface area contributed by atoms with E-state index < -0.39 is 0 Å². The van der Waals surface area contributed by atoms with E-state index in [1.54, 1.807) is 0 Å². The summed E-state index contributed by atoms with van der Waals surface area (Å²) < 4.78 is 1.02. The summed E-state index contributed by atoms with van der Waals surface area (Å²) in [5.74, 6) is 0.850. The maximum atomic E-state index is 4.36. The van der Waals surface area contributed by atoms with E-state index >= 15 is 0 Å². The standard InChI is InChI=1S/C18H15BrN2/c1-13-11-18(20-12-17(13)19)21-16-9-7-15(8-10-16)14-5-3-2-4-6-14/h2-12H,1H3,(H,20,21). The Labute approximate surface area is 133 Å². The molecule has 0 radical (unpaired) electrons. The number of benzene rings is 2. The Morgan fingerprint density at radius 3 is 2.24 bits per heavy atom. The van der Waals surface area contributed by atoms with E-state index in [1.807, 2.05) is 18.3 Å². The monoisotopic (exact) mass is 338 g/mol. The van der Waals surface area contributed by atoms with Crippen molar-refractivity contribution in [3.63, 3.8) is 0 Å². The van der Waals surface area contributed by atoms with Crippen LogP contribution in [0.5, 0.6) is 0 Å². The first-order valence-electron chi connectivity index (χ1n) is 6.77. The van der Waals surface area contributed by atoms with Gasteiger partial charge in [0.2, 0.25) is 0 Å². The minimum absolute atomic E-state index is 0.850. The average Bonchev–Trinajstić information content (AvgIpc) is 2.53. The van der Waals surface area contributed by atoms with Gasteiger partial charge in [-0.3, -0.25) is 0 Å². The second-order valence-corrected chi connectivity index (χ2v) is 5.74. The highest BCUT2D eigenvalue weighted by Gasteiger charge is 2.01. The molecule has 1 N–H and O–H groups in total. The zero-order valence-corrected chi connectivity index (χ0v) is 13.3. The molecule has 0 bridgehead atoms. The molecular formula is C18H15BrN2. The normalized spacial score (nSPS) is 10.4. The third kappa shape index (κ3) is 3.31. The fraction of sp³-hybridized carbons (Fsp3) is 0.0556. The molecule has 2 nitrogen and oxygen atoms in total. The summed E-state index contributed by atoms with van der Waals surface area (Å²) in [6, 6.07) is 20.8. The number of hydrogen-bond acceptors (Lipinski definition) is 2. The number of anilines is 2. The highest BCUT2D eigenvalue weighted by Crippen LogP contribution is 2.24. The van der Waals surface area contributed by atoms with Crippen molar-refractivity contribution in [2.24, 2.45) is 0 Å². The van der Waals surface area contributed by atoms with Gasteiger partial charge in [0.25, 0.3) is 0 Å². The van der Waals surface area contributed by atoms with Gasteiger partial charge >= 0.3 is 0 Å². The third-order valence-corrected chi connectivity index (χ3v) is 4.14. The minimum atomic E-state index is 0.850. The number of pyridine rings is 1. The van der Waals surface area contributed by atoms with Crippen LogP contribution >= 0.6 is 15.9 Å². The van der Waals surface area contributed by atoms with Crippen molar-refractivity contribution in [2.45, 2.75) is 6.92 Å². The molecule has 0 amide bonds. The zero-order chi connectivity index (χ0) is 14.7. The van der Waals surface area contributed by atoms with Crippen molar-refractivity contribution < 1.29 is 0 Å². The van der Waals surface area contributed by atoms with Crippen LogP contribution in [0, 0.1) is 6.92 Å². The smallest absolute Gasteiger partial charge is 0.130 e. The third-order valence-electron chi connectivity index (χ3n) is 3.31. The molecule has 3 rings (SSSR count). The molecule has 0 fully saturated rings. The molecule has 0 atom stereocenters. The van der Waals surface area contributed by atoms with Crippen molar-refractivity contribution in [1.29, 1.82) is 0 Å². The molecule has 104 valence electrons. The lowest BCUT2D eigenvalue weighted by Gasteiger charge is -2.08. The van der Waals surface area contributed by atoms with Gasteiger partial charge in [-0.25, -0.2) is 4.98 Å². The Hall–Kier alpha value is -2.13. The first-order valence-corrected chi connectivity index (χ1v) is 7.56. The second kappa shape index (κ2) is 6.10. The van der Waals surface area contributed by atoms with Crippen molar-refractivity contribution in [3.8, 4) is 11.1 Å². The van der Waals surface area contributed by atoms with Gasteiger partial charge in [0.1, 0.15) is 5.82 Å². The second-order valence-electron chi connectivity index (χ2n) is 4.89. The van der Waals surface area contributed by atoms with Crippen LogP contribution in [0.3, 0.4) is 0 Å². The van der Waals surface area contributed by atoms with Crippen molar-refractivity contribution in [3.05, 3.63) is 76.9 Å². The molecule has 21 heavy (non-hydrogen) atoms. The molecule has 3 heteroatoms. The van der Waals surface area contributed by atoms with Gasteiger partial charge in [-0.1, -0.05) is 42.5 Å². The highest BCUT2D eigenvalue weighted by atomic mass is 79.9. The van der Waals surface area contributed by atoms with E-state index in [4.69, 9.17) is 0 Å². The SMILES string of the molecule is Cc1cc(Nc2ccc(-c3ccccc3)cc2)ncc1Br. The van der Waals surface area contributed by atoms with Crippen LogP contribution < -0.4 is 5.32 Å². The number of hydrogen-bond donors (Lipinski definition) is 1. The molecule has 0 saturated heterocycles. The first-order chi connectivity index (χ1) is 10.2. The van der Waals surface area contributed by atoms with Crippen molar-refractivity contribution in [1.82, 2.24) is 4.98 Å². The van der Waals surface area contributed by atoms with E-state index in [0.29, 0.717) is 0 Å². The lowest BCUT2D eigenvalue weighted by molar-refractivity contribution is 1.25. The van der Waals surface area contributed by atoms with E-state index in [1.165, 1.54) is 11.1 Å². The molecule has 1 aromatic heterocycles. The number of nitrogens with one attached hydrogen (secondary N) is 1. The summed E-state index contributed by atoms with van der Waals surface area (Å²) in [5.41, 5.74) is 4.63. The van der Waals surface area contributed by atoms with E-state index in [0.717, 1.165) is 21.5 Å². The summed E-state index contributed by atoms with van der Waals surface area (Å²) >= 11 is 3.46. The van der Waals surface area contributed by atoms with E-state index in [-0.39, 0.29) is 0 Å². The number of halogens is 1. The van der Waals surface area contributed by atoms with E-state index in [9.17, 15) is 0 Å². The van der Waals surface area contributed by atoms with Crippen LogP contribution in [0.2, 0.25) is 0 Å². The number of aryl methyl sites for hydroxylation is 1. The van der Waals surface area contributed by atoms with Crippen LogP contribution in [0.1, 0.15) is 5.56 Å². The summed E-state index contributed by atoms with van der Waals surface area (Å²) in [6.07, 6.45) is 1.82. The number of aromatic nitrogens is 1. The Balaban J connectivity index is 1.80.